The minimum absolute atomic E-state index is 0.0106. The second kappa shape index (κ2) is 9.04. The van der Waals surface area contributed by atoms with Crippen molar-refractivity contribution < 1.29 is 5.11 Å². The van der Waals surface area contributed by atoms with Crippen molar-refractivity contribution in [1.82, 2.24) is 19.7 Å². The molecule has 1 aliphatic heterocycles. The summed E-state index contributed by atoms with van der Waals surface area (Å²) in [6, 6.07) is 2.09. The molecule has 1 aliphatic rings. The third-order valence-electron chi connectivity index (χ3n) is 4.09. The van der Waals surface area contributed by atoms with Gasteiger partial charge in [-0.1, -0.05) is 30.4 Å². The zero-order chi connectivity index (χ0) is 17.5. The first-order chi connectivity index (χ1) is 11.6. The first kappa shape index (κ1) is 18.7. The number of aliphatic hydroxyl groups excluding tert-OH is 1. The molecule has 0 unspecified atom stereocenters. The molecular formula is C16H23N5OS2. The zero-order valence-corrected chi connectivity index (χ0v) is 15.8. The first-order valence-electron chi connectivity index (χ1n) is 8.28. The van der Waals surface area contributed by atoms with Crippen LogP contribution in [0.4, 0.5) is 0 Å². The number of fused-ring (bicyclic) bond motifs is 1. The third kappa shape index (κ3) is 4.28. The Hall–Kier alpha value is -1.59. The molecule has 24 heavy (non-hydrogen) atoms. The highest BCUT2D eigenvalue weighted by molar-refractivity contribution is 8.23. The van der Waals surface area contributed by atoms with Gasteiger partial charge in [0.15, 0.2) is 5.82 Å². The maximum Gasteiger partial charge on any atom is 0.178 e. The van der Waals surface area contributed by atoms with E-state index in [1.54, 1.807) is 0 Å². The number of rotatable bonds is 5. The quantitative estimate of drug-likeness (QED) is 0.488. The molecule has 6 nitrogen and oxygen atoms in total. The number of thiocarbonyl (C=S) groups is 1. The predicted molar refractivity (Wildman–Crippen MR) is 101 cm³/mol. The standard InChI is InChI=1S/C16H23N5OS2/c1-3-20(4-2)16(23)24-11-13(22)12(10-17)15-19-18-14-8-6-5-7-9-21(14)15/h22H,3-9,11H2,1-2H3/b13-12-. The largest absolute Gasteiger partial charge is 0.510 e. The molecule has 0 aliphatic carbocycles. The van der Waals surface area contributed by atoms with E-state index in [9.17, 15) is 10.4 Å². The first-order valence-corrected chi connectivity index (χ1v) is 9.68. The Morgan fingerprint density at radius 3 is 2.75 bits per heavy atom. The van der Waals surface area contributed by atoms with Gasteiger partial charge in [-0.3, -0.25) is 0 Å². The summed E-state index contributed by atoms with van der Waals surface area (Å²) < 4.78 is 2.69. The molecule has 1 aromatic rings. The highest BCUT2D eigenvalue weighted by Gasteiger charge is 2.21. The van der Waals surface area contributed by atoms with E-state index in [0.717, 1.165) is 55.5 Å². The fraction of sp³-hybridized carbons (Fsp3) is 0.625. The van der Waals surface area contributed by atoms with Crippen LogP contribution in [0, 0.1) is 11.3 Å². The Labute approximate surface area is 152 Å². The number of thioether (sulfide) groups is 1. The molecule has 8 heteroatoms. The third-order valence-corrected chi connectivity index (χ3v) is 5.62. The van der Waals surface area contributed by atoms with Gasteiger partial charge in [0.05, 0.1) is 5.75 Å². The molecule has 130 valence electrons. The summed E-state index contributed by atoms with van der Waals surface area (Å²) in [6.45, 7) is 6.53. The van der Waals surface area contributed by atoms with Crippen molar-refractivity contribution in [2.45, 2.75) is 46.1 Å². The van der Waals surface area contributed by atoms with Crippen molar-refractivity contribution in [1.29, 1.82) is 5.26 Å². The van der Waals surface area contributed by atoms with Gasteiger partial charge in [0, 0.05) is 26.1 Å². The van der Waals surface area contributed by atoms with Gasteiger partial charge in [-0.15, -0.1) is 10.2 Å². The molecule has 1 N–H and O–H groups in total. The SMILES string of the molecule is CCN(CC)C(=S)SC/C(O)=C(\C#N)c1nnc2n1CCCCC2. The van der Waals surface area contributed by atoms with E-state index in [0.29, 0.717) is 5.82 Å². The lowest BCUT2D eigenvalue weighted by atomic mass is 10.2. The van der Waals surface area contributed by atoms with E-state index < -0.39 is 0 Å². The molecule has 1 aromatic heterocycles. The van der Waals surface area contributed by atoms with Crippen molar-refractivity contribution in [3.05, 3.63) is 17.4 Å². The summed E-state index contributed by atoms with van der Waals surface area (Å²) in [5, 5.41) is 28.3. The summed E-state index contributed by atoms with van der Waals surface area (Å²) >= 11 is 6.73. The van der Waals surface area contributed by atoms with Gasteiger partial charge in [-0.25, -0.2) is 0 Å². The van der Waals surface area contributed by atoms with Gasteiger partial charge in [0.1, 0.15) is 27.5 Å². The molecule has 0 spiro atoms. The van der Waals surface area contributed by atoms with Crippen LogP contribution < -0.4 is 0 Å². The van der Waals surface area contributed by atoms with Gasteiger partial charge < -0.3 is 14.6 Å². The van der Waals surface area contributed by atoms with E-state index in [2.05, 4.69) is 16.3 Å². The van der Waals surface area contributed by atoms with Gasteiger partial charge in [0.25, 0.3) is 0 Å². The molecule has 0 atom stereocenters. The minimum Gasteiger partial charge on any atom is -0.510 e. The summed E-state index contributed by atoms with van der Waals surface area (Å²) in [5.74, 6) is 1.65. The average Bonchev–Trinajstić information content (AvgIpc) is 2.83. The number of aryl methyl sites for hydroxylation is 1. The number of hydrogen-bond acceptors (Lipinski definition) is 6. The van der Waals surface area contributed by atoms with Crippen LogP contribution in [0.15, 0.2) is 5.76 Å². The highest BCUT2D eigenvalue weighted by atomic mass is 32.2. The van der Waals surface area contributed by atoms with Crippen LogP contribution >= 0.6 is 24.0 Å². The van der Waals surface area contributed by atoms with Crippen LogP contribution in [0.1, 0.15) is 44.8 Å². The number of hydrogen-bond donors (Lipinski definition) is 1. The molecule has 0 radical (unpaired) electrons. The molecule has 0 fully saturated rings. The van der Waals surface area contributed by atoms with Gasteiger partial charge in [0.2, 0.25) is 0 Å². The average molecular weight is 366 g/mol. The van der Waals surface area contributed by atoms with E-state index in [4.69, 9.17) is 12.2 Å². The maximum absolute atomic E-state index is 10.4. The van der Waals surface area contributed by atoms with E-state index in [-0.39, 0.29) is 17.1 Å². The summed E-state index contributed by atoms with van der Waals surface area (Å²) in [5.41, 5.74) is 0.200. The van der Waals surface area contributed by atoms with Crippen molar-refractivity contribution in [3.8, 4) is 6.07 Å². The van der Waals surface area contributed by atoms with Crippen molar-refractivity contribution in [2.75, 3.05) is 18.8 Å². The lowest BCUT2D eigenvalue weighted by Gasteiger charge is -2.20. The number of nitriles is 1. The topological polar surface area (TPSA) is 78.0 Å². The molecular weight excluding hydrogens is 342 g/mol. The number of aliphatic hydroxyl groups is 1. The Morgan fingerprint density at radius 1 is 1.33 bits per heavy atom. The van der Waals surface area contributed by atoms with Crippen LogP contribution in [0.5, 0.6) is 0 Å². The molecule has 0 aromatic carbocycles. The summed E-state index contributed by atoms with van der Waals surface area (Å²) in [4.78, 5) is 2.04. The van der Waals surface area contributed by atoms with Crippen LogP contribution in [0.3, 0.4) is 0 Å². The van der Waals surface area contributed by atoms with Crippen molar-refractivity contribution in [3.63, 3.8) is 0 Å². The monoisotopic (exact) mass is 365 g/mol. The predicted octanol–water partition coefficient (Wildman–Crippen LogP) is 3.16. The number of nitrogens with zero attached hydrogens (tertiary/aromatic N) is 5. The lowest BCUT2D eigenvalue weighted by Crippen LogP contribution is -2.26. The van der Waals surface area contributed by atoms with Crippen LogP contribution in [-0.2, 0) is 13.0 Å². The molecule has 2 heterocycles. The highest BCUT2D eigenvalue weighted by Crippen LogP contribution is 2.23. The number of aromatic nitrogens is 3. The minimum atomic E-state index is 0.0106. The van der Waals surface area contributed by atoms with Crippen LogP contribution in [-0.4, -0.2) is 47.9 Å². The fourth-order valence-corrected chi connectivity index (χ4v) is 3.97. The Morgan fingerprint density at radius 2 is 2.08 bits per heavy atom. The normalized spacial score (nSPS) is 15.0. The maximum atomic E-state index is 10.4. The van der Waals surface area contributed by atoms with Crippen LogP contribution in [0.2, 0.25) is 0 Å². The van der Waals surface area contributed by atoms with Crippen molar-refractivity contribution in [2.24, 2.45) is 0 Å². The molecule has 0 saturated heterocycles. The van der Waals surface area contributed by atoms with Gasteiger partial charge >= 0.3 is 0 Å². The summed E-state index contributed by atoms with van der Waals surface area (Å²) in [7, 11) is 0. The second-order valence-electron chi connectivity index (χ2n) is 5.56. The van der Waals surface area contributed by atoms with E-state index >= 15 is 0 Å². The fourth-order valence-electron chi connectivity index (χ4n) is 2.69. The molecule has 0 bridgehead atoms. The molecule has 2 rings (SSSR count). The smallest absolute Gasteiger partial charge is 0.178 e. The lowest BCUT2D eigenvalue weighted by molar-refractivity contribution is 0.420. The van der Waals surface area contributed by atoms with Gasteiger partial charge in [-0.2, -0.15) is 5.26 Å². The Kier molecular flexibility index (Phi) is 7.06. The van der Waals surface area contributed by atoms with Crippen LogP contribution in [0.25, 0.3) is 5.57 Å². The summed E-state index contributed by atoms with van der Waals surface area (Å²) in [6.07, 6.45) is 4.14. The Bertz CT molecular complexity index is 658. The molecule has 0 amide bonds. The van der Waals surface area contributed by atoms with Gasteiger partial charge in [-0.05, 0) is 26.7 Å². The zero-order valence-electron chi connectivity index (χ0n) is 14.2. The van der Waals surface area contributed by atoms with E-state index in [1.807, 2.05) is 23.3 Å². The van der Waals surface area contributed by atoms with Crippen molar-refractivity contribution >= 4 is 33.9 Å². The Balaban J connectivity index is 2.18. The second-order valence-corrected chi connectivity index (χ2v) is 7.17. The van der Waals surface area contributed by atoms with E-state index in [1.165, 1.54) is 11.8 Å². The number of allylic oxidation sites excluding steroid dienone is 1. The molecule has 0 saturated carbocycles.